The van der Waals surface area contributed by atoms with Crippen molar-refractivity contribution in [2.24, 2.45) is 0 Å². The summed E-state index contributed by atoms with van der Waals surface area (Å²) >= 11 is 0. The van der Waals surface area contributed by atoms with E-state index in [0.717, 1.165) is 24.3 Å². The van der Waals surface area contributed by atoms with Crippen molar-refractivity contribution in [3.63, 3.8) is 0 Å². The van der Waals surface area contributed by atoms with Gasteiger partial charge in [-0.05, 0) is 49.6 Å². The first-order chi connectivity index (χ1) is 12.3. The van der Waals surface area contributed by atoms with Gasteiger partial charge in [0.25, 0.3) is 0 Å². The number of benzene rings is 2. The Kier molecular flexibility index (Phi) is 4.46. The largest absolute Gasteiger partial charge is 0.454 e. The summed E-state index contributed by atoms with van der Waals surface area (Å²) in [5.41, 5.74) is 2.89. The number of carbonyl (C=O) groups is 1. The van der Waals surface area contributed by atoms with Crippen molar-refractivity contribution in [3.05, 3.63) is 48.0 Å². The lowest BCUT2D eigenvalue weighted by Crippen LogP contribution is -2.29. The number of ether oxygens (including phenoxy) is 2. The van der Waals surface area contributed by atoms with Crippen molar-refractivity contribution in [1.82, 2.24) is 0 Å². The van der Waals surface area contributed by atoms with Gasteiger partial charge in [-0.2, -0.15) is 0 Å². The molecule has 4 rings (SSSR count). The van der Waals surface area contributed by atoms with Crippen molar-refractivity contribution in [2.45, 2.75) is 25.7 Å². The van der Waals surface area contributed by atoms with Crippen LogP contribution in [0.2, 0.25) is 0 Å². The molecule has 0 aliphatic carbocycles. The maximum absolute atomic E-state index is 12.4. The number of nitrogens with one attached hydrogen (secondary N) is 1. The lowest BCUT2D eigenvalue weighted by molar-refractivity contribution is -0.115. The third-order valence-electron chi connectivity index (χ3n) is 4.70. The molecule has 0 saturated carbocycles. The van der Waals surface area contributed by atoms with Crippen molar-refractivity contribution >= 4 is 17.3 Å². The first-order valence-electron chi connectivity index (χ1n) is 8.82. The van der Waals surface area contributed by atoms with Gasteiger partial charge in [0.2, 0.25) is 12.7 Å². The molecule has 5 nitrogen and oxygen atoms in total. The first-order valence-corrected chi connectivity index (χ1v) is 8.82. The zero-order valence-electron chi connectivity index (χ0n) is 14.2. The summed E-state index contributed by atoms with van der Waals surface area (Å²) in [6, 6.07) is 13.7. The lowest BCUT2D eigenvalue weighted by atomic mass is 10.1. The van der Waals surface area contributed by atoms with E-state index in [2.05, 4.69) is 22.3 Å². The van der Waals surface area contributed by atoms with Gasteiger partial charge in [-0.1, -0.05) is 12.1 Å². The van der Waals surface area contributed by atoms with Crippen LogP contribution in [0.25, 0.3) is 0 Å². The number of carbonyl (C=O) groups excluding carboxylic acids is 1. The van der Waals surface area contributed by atoms with Crippen LogP contribution < -0.4 is 19.7 Å². The summed E-state index contributed by atoms with van der Waals surface area (Å²) in [6.45, 7) is 2.45. The van der Waals surface area contributed by atoms with Crippen molar-refractivity contribution in [3.8, 4) is 11.5 Å². The zero-order valence-corrected chi connectivity index (χ0v) is 14.2. The molecule has 1 N–H and O–H groups in total. The highest BCUT2D eigenvalue weighted by atomic mass is 16.7. The predicted octanol–water partition coefficient (Wildman–Crippen LogP) is 3.59. The van der Waals surface area contributed by atoms with Gasteiger partial charge in [-0.15, -0.1) is 0 Å². The Bertz CT molecular complexity index is 752. The van der Waals surface area contributed by atoms with Gasteiger partial charge in [0, 0.05) is 30.0 Å². The molecular weight excluding hydrogens is 316 g/mol. The normalized spacial score (nSPS) is 15.9. The molecule has 2 aromatic rings. The van der Waals surface area contributed by atoms with Gasteiger partial charge < -0.3 is 19.7 Å². The van der Waals surface area contributed by atoms with Crippen LogP contribution >= 0.6 is 0 Å². The van der Waals surface area contributed by atoms with E-state index in [1.807, 2.05) is 30.3 Å². The SMILES string of the molecule is O=C(Cc1cccc2c1OCO2)Nc1ccc(N2CCCCC2)cc1. The summed E-state index contributed by atoms with van der Waals surface area (Å²) in [5.74, 6) is 1.32. The van der Waals surface area contributed by atoms with Crippen molar-refractivity contribution in [2.75, 3.05) is 30.1 Å². The molecule has 0 atom stereocenters. The van der Waals surface area contributed by atoms with Crippen LogP contribution in [0.5, 0.6) is 11.5 Å². The molecular formula is C20H22N2O3. The summed E-state index contributed by atoms with van der Waals surface area (Å²) < 4.78 is 10.8. The van der Waals surface area contributed by atoms with E-state index >= 15 is 0 Å². The minimum Gasteiger partial charge on any atom is -0.454 e. The average molecular weight is 338 g/mol. The van der Waals surface area contributed by atoms with Gasteiger partial charge in [-0.3, -0.25) is 4.79 Å². The standard InChI is InChI=1S/C20H22N2O3/c23-19(13-15-5-4-6-18-20(15)25-14-24-18)21-16-7-9-17(10-8-16)22-11-2-1-3-12-22/h4-10H,1-3,11-14H2,(H,21,23). The molecule has 0 aromatic heterocycles. The number of anilines is 2. The number of hydrogen-bond donors (Lipinski definition) is 1. The van der Waals surface area contributed by atoms with Crippen LogP contribution in [-0.2, 0) is 11.2 Å². The third-order valence-corrected chi connectivity index (χ3v) is 4.70. The Morgan fingerprint density at radius 2 is 1.80 bits per heavy atom. The maximum atomic E-state index is 12.4. The highest BCUT2D eigenvalue weighted by molar-refractivity contribution is 5.93. The summed E-state index contributed by atoms with van der Waals surface area (Å²) in [6.07, 6.45) is 4.10. The van der Waals surface area contributed by atoms with Gasteiger partial charge in [0.15, 0.2) is 11.5 Å². The smallest absolute Gasteiger partial charge is 0.231 e. The van der Waals surface area contributed by atoms with Crippen LogP contribution in [-0.4, -0.2) is 25.8 Å². The topological polar surface area (TPSA) is 50.8 Å². The quantitative estimate of drug-likeness (QED) is 0.926. The minimum absolute atomic E-state index is 0.0605. The molecule has 1 saturated heterocycles. The molecule has 5 heteroatoms. The van der Waals surface area contributed by atoms with Gasteiger partial charge in [-0.25, -0.2) is 0 Å². The second-order valence-electron chi connectivity index (χ2n) is 6.47. The zero-order chi connectivity index (χ0) is 17.1. The molecule has 1 amide bonds. The van der Waals surface area contributed by atoms with Crippen molar-refractivity contribution in [1.29, 1.82) is 0 Å². The average Bonchev–Trinajstić information content (AvgIpc) is 3.13. The highest BCUT2D eigenvalue weighted by Crippen LogP contribution is 2.35. The molecule has 2 aliphatic rings. The monoisotopic (exact) mass is 338 g/mol. The number of fused-ring (bicyclic) bond motifs is 1. The van der Waals surface area contributed by atoms with E-state index in [-0.39, 0.29) is 19.1 Å². The Balaban J connectivity index is 1.39. The van der Waals surface area contributed by atoms with E-state index in [0.29, 0.717) is 11.5 Å². The number of piperidine rings is 1. The Hall–Kier alpha value is -2.69. The van der Waals surface area contributed by atoms with E-state index < -0.39 is 0 Å². The van der Waals surface area contributed by atoms with E-state index in [1.54, 1.807) is 0 Å². The van der Waals surface area contributed by atoms with Gasteiger partial charge >= 0.3 is 0 Å². The van der Waals surface area contributed by atoms with Gasteiger partial charge in [0.1, 0.15) is 0 Å². The summed E-state index contributed by atoms with van der Waals surface area (Å²) in [7, 11) is 0. The fraction of sp³-hybridized carbons (Fsp3) is 0.350. The number of nitrogens with zero attached hydrogens (tertiary/aromatic N) is 1. The van der Waals surface area contributed by atoms with Crippen LogP contribution in [0.3, 0.4) is 0 Å². The van der Waals surface area contributed by atoms with E-state index in [4.69, 9.17) is 9.47 Å². The second-order valence-corrected chi connectivity index (χ2v) is 6.47. The number of para-hydroxylation sites is 1. The Morgan fingerprint density at radius 1 is 1.00 bits per heavy atom. The molecule has 0 spiro atoms. The molecule has 0 bridgehead atoms. The second kappa shape index (κ2) is 7.05. The van der Waals surface area contributed by atoms with Gasteiger partial charge in [0.05, 0.1) is 6.42 Å². The minimum atomic E-state index is -0.0605. The van der Waals surface area contributed by atoms with E-state index in [1.165, 1.54) is 24.9 Å². The van der Waals surface area contributed by atoms with Crippen LogP contribution in [0.1, 0.15) is 24.8 Å². The molecule has 2 heterocycles. The van der Waals surface area contributed by atoms with Crippen LogP contribution in [0.15, 0.2) is 42.5 Å². The first kappa shape index (κ1) is 15.8. The molecule has 2 aromatic carbocycles. The summed E-state index contributed by atoms with van der Waals surface area (Å²) in [4.78, 5) is 14.8. The van der Waals surface area contributed by atoms with Crippen molar-refractivity contribution < 1.29 is 14.3 Å². The number of hydrogen-bond acceptors (Lipinski definition) is 4. The van der Waals surface area contributed by atoms with E-state index in [9.17, 15) is 4.79 Å². The van der Waals surface area contributed by atoms with Crippen LogP contribution in [0.4, 0.5) is 11.4 Å². The molecule has 130 valence electrons. The fourth-order valence-corrected chi connectivity index (χ4v) is 3.42. The summed E-state index contributed by atoms with van der Waals surface area (Å²) in [5, 5.41) is 2.96. The Labute approximate surface area is 147 Å². The lowest BCUT2D eigenvalue weighted by Gasteiger charge is -2.28. The molecule has 2 aliphatic heterocycles. The number of amides is 1. The third kappa shape index (κ3) is 3.55. The maximum Gasteiger partial charge on any atom is 0.231 e. The molecule has 0 unspecified atom stereocenters. The highest BCUT2D eigenvalue weighted by Gasteiger charge is 2.19. The molecule has 0 radical (unpaired) electrons. The molecule has 25 heavy (non-hydrogen) atoms. The molecule has 1 fully saturated rings. The van der Waals surface area contributed by atoms with Crippen LogP contribution in [0, 0.1) is 0 Å². The Morgan fingerprint density at radius 3 is 2.60 bits per heavy atom. The predicted molar refractivity (Wildman–Crippen MR) is 97.4 cm³/mol. The number of rotatable bonds is 4. The fourth-order valence-electron chi connectivity index (χ4n) is 3.42.